The molecule has 2 aromatic rings. The molecule has 0 saturated carbocycles. The van der Waals surface area contributed by atoms with Crippen LogP contribution in [0.1, 0.15) is 25.0 Å². The molecule has 3 nitrogen and oxygen atoms in total. The van der Waals surface area contributed by atoms with Crippen LogP contribution in [0.5, 0.6) is 11.5 Å². The summed E-state index contributed by atoms with van der Waals surface area (Å²) in [5.74, 6) is 0.893. The first-order chi connectivity index (χ1) is 11.0. The van der Waals surface area contributed by atoms with Gasteiger partial charge in [0.25, 0.3) is 0 Å². The van der Waals surface area contributed by atoms with Crippen molar-refractivity contribution in [2.24, 2.45) is 0 Å². The third-order valence-corrected chi connectivity index (χ3v) is 3.83. The first-order valence-corrected chi connectivity index (χ1v) is 8.19. The summed E-state index contributed by atoms with van der Waals surface area (Å²) in [6.07, 6.45) is 1.00. The summed E-state index contributed by atoms with van der Waals surface area (Å²) in [6, 6.07) is 10.8. The number of hydrogen-bond acceptors (Lipinski definition) is 3. The molecule has 5 heteroatoms. The van der Waals surface area contributed by atoms with Crippen LogP contribution >= 0.6 is 23.2 Å². The molecule has 2 aromatic carbocycles. The molecule has 0 unspecified atom stereocenters. The van der Waals surface area contributed by atoms with Crippen LogP contribution < -0.4 is 4.74 Å². The van der Waals surface area contributed by atoms with Gasteiger partial charge < -0.3 is 9.47 Å². The molecule has 0 heterocycles. The fraction of sp³-hybridized carbons (Fsp3) is 0.278. The minimum Gasteiger partial charge on any atom is -0.466 e. The number of hydrogen-bond donors (Lipinski definition) is 0. The van der Waals surface area contributed by atoms with Gasteiger partial charge in [-0.1, -0.05) is 42.3 Å². The lowest BCUT2D eigenvalue weighted by Gasteiger charge is -2.13. The van der Waals surface area contributed by atoms with E-state index in [1.165, 1.54) is 0 Å². The summed E-state index contributed by atoms with van der Waals surface area (Å²) in [7, 11) is 0. The van der Waals surface area contributed by atoms with Gasteiger partial charge in [0.1, 0.15) is 11.5 Å². The summed E-state index contributed by atoms with van der Waals surface area (Å²) >= 11 is 12.1. The average molecular weight is 353 g/mol. The predicted octanol–water partition coefficient (Wildman–Crippen LogP) is 5.45. The molecular formula is C18H18Cl2O3. The highest BCUT2D eigenvalue weighted by Gasteiger charge is 2.11. The van der Waals surface area contributed by atoms with Crippen LogP contribution in [0.2, 0.25) is 10.0 Å². The van der Waals surface area contributed by atoms with E-state index in [1.54, 1.807) is 25.1 Å². The molecule has 0 spiro atoms. The zero-order valence-corrected chi connectivity index (χ0v) is 14.6. The van der Waals surface area contributed by atoms with Gasteiger partial charge in [-0.25, -0.2) is 0 Å². The lowest BCUT2D eigenvalue weighted by molar-refractivity contribution is -0.142. The van der Waals surface area contributed by atoms with Crippen LogP contribution in [-0.2, 0) is 22.4 Å². The second-order valence-corrected chi connectivity index (χ2v) is 5.80. The third kappa shape index (κ3) is 4.88. The molecule has 0 fully saturated rings. The van der Waals surface area contributed by atoms with E-state index in [-0.39, 0.29) is 12.4 Å². The maximum atomic E-state index is 11.6. The predicted molar refractivity (Wildman–Crippen MR) is 92.7 cm³/mol. The Balaban J connectivity index is 2.28. The molecule has 0 aliphatic carbocycles. The van der Waals surface area contributed by atoms with Crippen molar-refractivity contribution in [3.05, 3.63) is 57.6 Å². The van der Waals surface area contributed by atoms with Gasteiger partial charge in [0, 0.05) is 11.1 Å². The quantitative estimate of drug-likeness (QED) is 0.648. The van der Waals surface area contributed by atoms with Crippen molar-refractivity contribution >= 4 is 29.2 Å². The maximum Gasteiger partial charge on any atom is 0.310 e. The molecule has 2 rings (SSSR count). The van der Waals surface area contributed by atoms with Gasteiger partial charge in [0.15, 0.2) is 0 Å². The Labute approximate surface area is 146 Å². The summed E-state index contributed by atoms with van der Waals surface area (Å²) in [5.41, 5.74) is 1.85. The average Bonchev–Trinajstić information content (AvgIpc) is 2.51. The minimum absolute atomic E-state index is 0.206. The molecule has 0 amide bonds. The molecule has 0 aliphatic heterocycles. The van der Waals surface area contributed by atoms with Crippen molar-refractivity contribution < 1.29 is 14.3 Å². The highest BCUT2D eigenvalue weighted by molar-refractivity contribution is 6.34. The Hall–Kier alpha value is -1.71. The molecule has 0 aliphatic rings. The lowest BCUT2D eigenvalue weighted by atomic mass is 10.1. The van der Waals surface area contributed by atoms with Crippen LogP contribution in [-0.4, -0.2) is 12.6 Å². The number of benzene rings is 2. The summed E-state index contributed by atoms with van der Waals surface area (Å²) in [5, 5.41) is 1.03. The number of aryl methyl sites for hydroxylation is 1. The van der Waals surface area contributed by atoms with Gasteiger partial charge in [-0.05, 0) is 42.7 Å². The lowest BCUT2D eigenvalue weighted by Crippen LogP contribution is -2.07. The fourth-order valence-electron chi connectivity index (χ4n) is 2.15. The molecule has 0 N–H and O–H groups in total. The SMILES string of the molecule is CCOC(=O)Cc1ccc(CC)c(Oc2cc(Cl)ccc2Cl)c1. The zero-order chi connectivity index (χ0) is 16.8. The zero-order valence-electron chi connectivity index (χ0n) is 13.1. The van der Waals surface area contributed by atoms with Crippen molar-refractivity contribution in [2.75, 3.05) is 6.61 Å². The van der Waals surface area contributed by atoms with Gasteiger partial charge in [-0.2, -0.15) is 0 Å². The summed E-state index contributed by atoms with van der Waals surface area (Å²) < 4.78 is 10.9. The van der Waals surface area contributed by atoms with Crippen LogP contribution in [0, 0.1) is 0 Å². The highest BCUT2D eigenvalue weighted by Crippen LogP contribution is 2.34. The number of ether oxygens (including phenoxy) is 2. The molecule has 0 saturated heterocycles. The van der Waals surface area contributed by atoms with Crippen molar-refractivity contribution in [3.8, 4) is 11.5 Å². The number of esters is 1. The van der Waals surface area contributed by atoms with Crippen LogP contribution in [0.3, 0.4) is 0 Å². The summed E-state index contributed by atoms with van der Waals surface area (Å²) in [6.45, 7) is 4.19. The third-order valence-electron chi connectivity index (χ3n) is 3.28. The van der Waals surface area contributed by atoms with E-state index < -0.39 is 0 Å². The van der Waals surface area contributed by atoms with Crippen LogP contribution in [0.25, 0.3) is 0 Å². The number of carbonyl (C=O) groups is 1. The standard InChI is InChI=1S/C18H18Cl2O3/c1-3-13-6-5-12(10-18(21)22-4-2)9-16(13)23-17-11-14(19)7-8-15(17)20/h5-9,11H,3-4,10H2,1-2H3. The number of carbonyl (C=O) groups excluding carboxylic acids is 1. The van der Waals surface area contributed by atoms with Gasteiger partial charge in [-0.3, -0.25) is 4.79 Å². The summed E-state index contributed by atoms with van der Waals surface area (Å²) in [4.78, 5) is 11.6. The van der Waals surface area contributed by atoms with Crippen molar-refractivity contribution in [2.45, 2.75) is 26.7 Å². The van der Waals surface area contributed by atoms with E-state index in [1.807, 2.05) is 25.1 Å². The highest BCUT2D eigenvalue weighted by atomic mass is 35.5. The molecule has 0 radical (unpaired) electrons. The van der Waals surface area contributed by atoms with Crippen molar-refractivity contribution in [3.63, 3.8) is 0 Å². The van der Waals surface area contributed by atoms with E-state index in [2.05, 4.69) is 0 Å². The van der Waals surface area contributed by atoms with E-state index >= 15 is 0 Å². The van der Waals surface area contributed by atoms with E-state index in [9.17, 15) is 4.79 Å². The molecule has 0 bridgehead atoms. The number of rotatable bonds is 6. The largest absolute Gasteiger partial charge is 0.466 e. The Kier molecular flexibility index (Phi) is 6.31. The maximum absolute atomic E-state index is 11.6. The molecule has 122 valence electrons. The van der Waals surface area contributed by atoms with Crippen LogP contribution in [0.4, 0.5) is 0 Å². The molecule has 0 aromatic heterocycles. The molecule has 23 heavy (non-hydrogen) atoms. The van der Waals surface area contributed by atoms with Gasteiger partial charge in [0.05, 0.1) is 18.1 Å². The topological polar surface area (TPSA) is 35.5 Å². The number of halogens is 2. The monoisotopic (exact) mass is 352 g/mol. The van der Waals surface area contributed by atoms with Gasteiger partial charge in [-0.15, -0.1) is 0 Å². The fourth-order valence-corrected chi connectivity index (χ4v) is 2.47. The smallest absolute Gasteiger partial charge is 0.310 e. The van der Waals surface area contributed by atoms with E-state index in [0.29, 0.717) is 28.2 Å². The van der Waals surface area contributed by atoms with Gasteiger partial charge in [0.2, 0.25) is 0 Å². The van der Waals surface area contributed by atoms with Crippen molar-refractivity contribution in [1.29, 1.82) is 0 Å². The van der Waals surface area contributed by atoms with Crippen molar-refractivity contribution in [1.82, 2.24) is 0 Å². The Morgan fingerprint density at radius 3 is 2.52 bits per heavy atom. The first-order valence-electron chi connectivity index (χ1n) is 7.43. The molecular weight excluding hydrogens is 335 g/mol. The Morgan fingerprint density at radius 1 is 1.04 bits per heavy atom. The van der Waals surface area contributed by atoms with E-state index in [4.69, 9.17) is 32.7 Å². The Bertz CT molecular complexity index is 699. The van der Waals surface area contributed by atoms with Gasteiger partial charge >= 0.3 is 5.97 Å². The minimum atomic E-state index is -0.261. The molecule has 0 atom stereocenters. The Morgan fingerprint density at radius 2 is 1.83 bits per heavy atom. The second-order valence-electron chi connectivity index (χ2n) is 4.95. The second kappa shape index (κ2) is 8.23. The first kappa shape index (κ1) is 17.6. The normalized spacial score (nSPS) is 10.4. The van der Waals surface area contributed by atoms with E-state index in [0.717, 1.165) is 17.5 Å². The van der Waals surface area contributed by atoms with Crippen LogP contribution in [0.15, 0.2) is 36.4 Å².